The lowest BCUT2D eigenvalue weighted by atomic mass is 10.0. The zero-order valence-electron chi connectivity index (χ0n) is 18.9. The Balaban J connectivity index is 1.21. The van der Waals surface area contributed by atoms with Crippen molar-refractivity contribution in [1.29, 1.82) is 0 Å². The van der Waals surface area contributed by atoms with E-state index >= 15 is 0 Å². The van der Waals surface area contributed by atoms with E-state index in [0.717, 1.165) is 35.5 Å². The number of fused-ring (bicyclic) bond motifs is 1. The summed E-state index contributed by atoms with van der Waals surface area (Å²) in [6.45, 7) is 1.29. The van der Waals surface area contributed by atoms with Crippen LogP contribution in [0.5, 0.6) is 0 Å². The Morgan fingerprint density at radius 3 is 2.71 bits per heavy atom. The topological polar surface area (TPSA) is 138 Å². The summed E-state index contributed by atoms with van der Waals surface area (Å²) in [5.41, 5.74) is 3.22. The van der Waals surface area contributed by atoms with Crippen molar-refractivity contribution in [3.8, 4) is 0 Å². The van der Waals surface area contributed by atoms with Crippen molar-refractivity contribution in [2.45, 2.75) is 38.4 Å². The zero-order valence-corrected chi connectivity index (χ0v) is 18.9. The molecule has 4 rings (SSSR count). The molecule has 2 heterocycles. The van der Waals surface area contributed by atoms with Crippen molar-refractivity contribution >= 4 is 22.9 Å². The van der Waals surface area contributed by atoms with E-state index < -0.39 is 23.7 Å². The first-order chi connectivity index (χ1) is 17.0. The highest BCUT2D eigenvalue weighted by molar-refractivity contribution is 5.77. The van der Waals surface area contributed by atoms with Gasteiger partial charge in [-0.2, -0.15) is 0 Å². The highest BCUT2D eigenvalue weighted by atomic mass is 19.1. The smallest absolute Gasteiger partial charge is 0.305 e. The Labute approximate surface area is 200 Å². The lowest BCUT2D eigenvalue weighted by Crippen LogP contribution is -2.33. The van der Waals surface area contributed by atoms with Crippen molar-refractivity contribution in [2.75, 3.05) is 6.54 Å². The first-order valence-corrected chi connectivity index (χ1v) is 11.3. The van der Waals surface area contributed by atoms with Gasteiger partial charge in [0.25, 0.3) is 0 Å². The maximum atomic E-state index is 13.2. The number of aromatic nitrogens is 5. The molecule has 0 saturated carbocycles. The van der Waals surface area contributed by atoms with E-state index in [1.54, 1.807) is 6.20 Å². The van der Waals surface area contributed by atoms with E-state index in [1.165, 1.54) is 28.9 Å². The van der Waals surface area contributed by atoms with Crippen LogP contribution in [0.1, 0.15) is 36.0 Å². The number of benzene rings is 2. The van der Waals surface area contributed by atoms with Gasteiger partial charge in [0.1, 0.15) is 18.2 Å². The van der Waals surface area contributed by atoms with E-state index in [2.05, 4.69) is 30.9 Å². The SMILES string of the molecule is O=C(O)C[C@H](NC(=O)Cn1cc(CCCNCc2nc3ccccc3[nH]2)nn1)c1ccc(F)cc1. The number of aryl methyl sites for hydroxylation is 1. The number of carbonyl (C=O) groups excluding carboxylic acids is 1. The average molecular weight is 480 g/mol. The van der Waals surface area contributed by atoms with Gasteiger partial charge in [0.15, 0.2) is 0 Å². The molecule has 0 aliphatic heterocycles. The number of nitrogens with one attached hydrogen (secondary N) is 3. The van der Waals surface area contributed by atoms with Gasteiger partial charge < -0.3 is 20.7 Å². The average Bonchev–Trinajstić information content (AvgIpc) is 3.45. The predicted octanol–water partition coefficient (Wildman–Crippen LogP) is 2.35. The predicted molar refractivity (Wildman–Crippen MR) is 126 cm³/mol. The van der Waals surface area contributed by atoms with Gasteiger partial charge in [-0.15, -0.1) is 5.10 Å². The number of hydrogen-bond donors (Lipinski definition) is 4. The van der Waals surface area contributed by atoms with Crippen molar-refractivity contribution in [1.82, 2.24) is 35.6 Å². The van der Waals surface area contributed by atoms with Crippen LogP contribution < -0.4 is 10.6 Å². The lowest BCUT2D eigenvalue weighted by molar-refractivity contribution is -0.137. The summed E-state index contributed by atoms with van der Waals surface area (Å²) in [7, 11) is 0. The van der Waals surface area contributed by atoms with E-state index in [9.17, 15) is 14.0 Å². The molecule has 0 radical (unpaired) electrons. The third-order valence-corrected chi connectivity index (χ3v) is 5.40. The maximum absolute atomic E-state index is 13.2. The maximum Gasteiger partial charge on any atom is 0.305 e. The van der Waals surface area contributed by atoms with E-state index in [-0.39, 0.29) is 13.0 Å². The van der Waals surface area contributed by atoms with Crippen LogP contribution in [0.2, 0.25) is 0 Å². The number of carbonyl (C=O) groups is 2. The summed E-state index contributed by atoms with van der Waals surface area (Å²) in [5.74, 6) is -1.04. The van der Waals surface area contributed by atoms with Gasteiger partial charge in [0.05, 0.1) is 35.7 Å². The van der Waals surface area contributed by atoms with Gasteiger partial charge in [-0.25, -0.2) is 14.1 Å². The van der Waals surface area contributed by atoms with Crippen LogP contribution in [0.25, 0.3) is 11.0 Å². The standard InChI is InChI=1S/C24H26FN7O3/c25-17-9-7-16(8-10-17)21(12-24(34)35)29-23(33)15-32-14-18(30-31-32)4-3-11-26-13-22-27-19-5-1-2-6-20(19)28-22/h1-2,5-10,14,21,26H,3-4,11-13,15H2,(H,27,28)(H,29,33)(H,34,35)/t21-/m0/s1. The number of rotatable bonds is 12. The number of carboxylic acids is 1. The molecular formula is C24H26FN7O3. The second-order valence-corrected chi connectivity index (χ2v) is 8.16. The quantitative estimate of drug-likeness (QED) is 0.229. The Kier molecular flexibility index (Phi) is 7.78. The number of amides is 1. The fourth-order valence-corrected chi connectivity index (χ4v) is 3.73. The third-order valence-electron chi connectivity index (χ3n) is 5.40. The summed E-state index contributed by atoms with van der Waals surface area (Å²) in [5, 5.41) is 23.3. The molecule has 2 aromatic carbocycles. The molecular weight excluding hydrogens is 453 g/mol. The molecule has 4 aromatic rings. The molecule has 4 N–H and O–H groups in total. The molecule has 0 aliphatic carbocycles. The minimum atomic E-state index is -1.07. The number of carboxylic acid groups (broad SMARTS) is 1. The van der Waals surface area contributed by atoms with Crippen molar-refractivity contribution < 1.29 is 19.1 Å². The summed E-state index contributed by atoms with van der Waals surface area (Å²) >= 11 is 0. The zero-order chi connectivity index (χ0) is 24.6. The number of hydrogen-bond acceptors (Lipinski definition) is 6. The molecule has 35 heavy (non-hydrogen) atoms. The Hall–Kier alpha value is -4.12. The van der Waals surface area contributed by atoms with Crippen LogP contribution >= 0.6 is 0 Å². The van der Waals surface area contributed by atoms with Crippen molar-refractivity contribution in [2.24, 2.45) is 0 Å². The lowest BCUT2D eigenvalue weighted by Gasteiger charge is -2.17. The second kappa shape index (κ2) is 11.3. The van der Waals surface area contributed by atoms with Crippen molar-refractivity contribution in [3.63, 3.8) is 0 Å². The van der Waals surface area contributed by atoms with E-state index in [0.29, 0.717) is 18.5 Å². The largest absolute Gasteiger partial charge is 0.481 e. The van der Waals surface area contributed by atoms with Crippen molar-refractivity contribution in [3.05, 3.63) is 77.6 Å². The number of aromatic amines is 1. The fraction of sp³-hybridized carbons (Fsp3) is 0.292. The van der Waals surface area contributed by atoms with Crippen LogP contribution in [0, 0.1) is 5.82 Å². The minimum absolute atomic E-state index is 0.103. The summed E-state index contributed by atoms with van der Waals surface area (Å²) < 4.78 is 14.6. The van der Waals surface area contributed by atoms with Gasteiger partial charge in [-0.1, -0.05) is 29.5 Å². The highest BCUT2D eigenvalue weighted by Gasteiger charge is 2.19. The third kappa shape index (κ3) is 6.93. The van der Waals surface area contributed by atoms with Crippen LogP contribution in [0.4, 0.5) is 4.39 Å². The van der Waals surface area contributed by atoms with Crippen LogP contribution in [-0.4, -0.2) is 48.5 Å². The van der Waals surface area contributed by atoms with Crippen LogP contribution in [0.15, 0.2) is 54.7 Å². The molecule has 0 unspecified atom stereocenters. The highest BCUT2D eigenvalue weighted by Crippen LogP contribution is 2.17. The molecule has 1 atom stereocenters. The number of imidazole rings is 1. The molecule has 11 heteroatoms. The van der Waals surface area contributed by atoms with Crippen LogP contribution in [-0.2, 0) is 29.1 Å². The monoisotopic (exact) mass is 479 g/mol. The molecule has 1 amide bonds. The summed E-state index contributed by atoms with van der Waals surface area (Å²) in [6.07, 6.45) is 2.90. The van der Waals surface area contributed by atoms with Gasteiger partial charge in [0, 0.05) is 6.20 Å². The van der Waals surface area contributed by atoms with Gasteiger partial charge in [-0.05, 0) is 49.2 Å². The Bertz CT molecular complexity index is 1250. The summed E-state index contributed by atoms with van der Waals surface area (Å²) in [6, 6.07) is 12.5. The van der Waals surface area contributed by atoms with E-state index in [4.69, 9.17) is 5.11 Å². The van der Waals surface area contributed by atoms with Gasteiger partial charge in [0.2, 0.25) is 5.91 Å². The summed E-state index contributed by atoms with van der Waals surface area (Å²) in [4.78, 5) is 31.5. The molecule has 0 fully saturated rings. The number of aliphatic carboxylic acids is 1. The number of halogens is 1. The molecule has 182 valence electrons. The number of para-hydroxylation sites is 2. The first kappa shape index (κ1) is 24.0. The number of H-pyrrole nitrogens is 1. The molecule has 2 aromatic heterocycles. The number of nitrogens with zero attached hydrogens (tertiary/aromatic N) is 4. The molecule has 0 aliphatic rings. The van der Waals surface area contributed by atoms with Gasteiger partial charge >= 0.3 is 5.97 Å². The molecule has 10 nitrogen and oxygen atoms in total. The Morgan fingerprint density at radius 2 is 1.94 bits per heavy atom. The minimum Gasteiger partial charge on any atom is -0.481 e. The second-order valence-electron chi connectivity index (χ2n) is 8.16. The Morgan fingerprint density at radius 1 is 1.14 bits per heavy atom. The fourth-order valence-electron chi connectivity index (χ4n) is 3.73. The molecule has 0 saturated heterocycles. The molecule has 0 spiro atoms. The molecule has 0 bridgehead atoms. The van der Waals surface area contributed by atoms with Crippen LogP contribution in [0.3, 0.4) is 0 Å². The van der Waals surface area contributed by atoms with Gasteiger partial charge in [-0.3, -0.25) is 9.59 Å². The first-order valence-electron chi connectivity index (χ1n) is 11.3. The van der Waals surface area contributed by atoms with E-state index in [1.807, 2.05) is 24.3 Å². The normalized spacial score (nSPS) is 12.0.